The molecule has 0 heterocycles. The van der Waals surface area contributed by atoms with E-state index < -0.39 is 18.0 Å². The zero-order valence-electron chi connectivity index (χ0n) is 31.1. The summed E-state index contributed by atoms with van der Waals surface area (Å²) in [5.74, 6) is -1.45. The van der Waals surface area contributed by atoms with Gasteiger partial charge < -0.3 is 14.6 Å². The number of aliphatic hydroxyl groups is 1. The molecule has 0 aliphatic carbocycles. The van der Waals surface area contributed by atoms with Gasteiger partial charge in [-0.05, 0) is 102 Å². The lowest BCUT2D eigenvalue weighted by atomic mass is 9.89. The number of esters is 2. The summed E-state index contributed by atoms with van der Waals surface area (Å²) in [5.41, 5.74) is 12.6. The highest BCUT2D eigenvalue weighted by molar-refractivity contribution is 5.88. The van der Waals surface area contributed by atoms with Crippen LogP contribution in [-0.2, 0) is 44.7 Å². The summed E-state index contributed by atoms with van der Waals surface area (Å²) in [6.07, 6.45) is 6.27. The van der Waals surface area contributed by atoms with Gasteiger partial charge in [-0.25, -0.2) is 9.59 Å². The van der Waals surface area contributed by atoms with Crippen LogP contribution < -0.4 is 0 Å². The number of aryl methyl sites for hydroxylation is 3. The molecule has 51 heavy (non-hydrogen) atoms. The molecule has 4 aromatic carbocycles. The molecule has 4 rings (SSSR count). The van der Waals surface area contributed by atoms with Crippen LogP contribution >= 0.6 is 0 Å². The van der Waals surface area contributed by atoms with Gasteiger partial charge >= 0.3 is 11.9 Å². The number of rotatable bonds is 18. The summed E-state index contributed by atoms with van der Waals surface area (Å²) in [7, 11) is 0. The van der Waals surface area contributed by atoms with Gasteiger partial charge in [-0.3, -0.25) is 0 Å². The highest BCUT2D eigenvalue weighted by Gasteiger charge is 2.20. The monoisotopic (exact) mass is 686 g/mol. The Bertz CT molecular complexity index is 1800. The number of aliphatic hydroxyl groups excluding tert-OH is 1. The minimum atomic E-state index is -1.01. The molecular formula is C46H54O5. The topological polar surface area (TPSA) is 72.8 Å². The van der Waals surface area contributed by atoms with Crippen molar-refractivity contribution in [1.82, 2.24) is 0 Å². The van der Waals surface area contributed by atoms with Gasteiger partial charge in [0, 0.05) is 11.5 Å². The Labute approximate surface area is 305 Å². The number of benzene rings is 4. The van der Waals surface area contributed by atoms with E-state index in [1.165, 1.54) is 70.7 Å². The second-order valence-electron chi connectivity index (χ2n) is 13.6. The molecule has 0 spiro atoms. The van der Waals surface area contributed by atoms with Crippen molar-refractivity contribution in [2.45, 2.75) is 85.7 Å². The van der Waals surface area contributed by atoms with Crippen molar-refractivity contribution >= 4 is 11.9 Å². The molecule has 2 unspecified atom stereocenters. The maximum Gasteiger partial charge on any atom is 0.336 e. The predicted molar refractivity (Wildman–Crippen MR) is 209 cm³/mol. The van der Waals surface area contributed by atoms with Crippen LogP contribution in [0.2, 0.25) is 0 Å². The lowest BCUT2D eigenvalue weighted by molar-refractivity contribution is -0.144. The molecule has 0 saturated carbocycles. The normalized spacial score (nSPS) is 12.2. The molecule has 0 saturated heterocycles. The van der Waals surface area contributed by atoms with Crippen LogP contribution in [0.1, 0.15) is 76.1 Å². The molecular weight excluding hydrogens is 633 g/mol. The number of carbonyl (C=O) groups is 2. The van der Waals surface area contributed by atoms with Gasteiger partial charge in [-0.1, -0.05) is 132 Å². The Morgan fingerprint density at radius 3 is 1.75 bits per heavy atom. The molecule has 2 atom stereocenters. The van der Waals surface area contributed by atoms with Crippen molar-refractivity contribution in [1.29, 1.82) is 0 Å². The third kappa shape index (κ3) is 10.9. The van der Waals surface area contributed by atoms with Crippen LogP contribution in [0.25, 0.3) is 33.4 Å². The smallest absolute Gasteiger partial charge is 0.336 e. The molecule has 0 aliphatic heterocycles. The number of ether oxygens (including phenoxy) is 2. The van der Waals surface area contributed by atoms with E-state index in [2.05, 4.69) is 119 Å². The summed E-state index contributed by atoms with van der Waals surface area (Å²) in [6.45, 7) is 17.0. The first-order valence-electron chi connectivity index (χ1n) is 18.4. The molecule has 0 aliphatic rings. The van der Waals surface area contributed by atoms with Crippen molar-refractivity contribution < 1.29 is 24.2 Å². The van der Waals surface area contributed by atoms with Crippen molar-refractivity contribution in [2.24, 2.45) is 5.92 Å². The highest BCUT2D eigenvalue weighted by atomic mass is 16.5. The quantitative estimate of drug-likeness (QED) is 0.0641. The third-order valence-electron chi connectivity index (χ3n) is 9.44. The third-order valence-corrected chi connectivity index (χ3v) is 9.44. The van der Waals surface area contributed by atoms with Crippen LogP contribution in [0.4, 0.5) is 0 Å². The number of carbonyl (C=O) groups excluding carboxylic acids is 2. The summed E-state index contributed by atoms with van der Waals surface area (Å²) < 4.78 is 10.8. The highest BCUT2D eigenvalue weighted by Crippen LogP contribution is 2.34. The molecule has 268 valence electrons. The van der Waals surface area contributed by atoms with Crippen LogP contribution in [-0.4, -0.2) is 36.4 Å². The van der Waals surface area contributed by atoms with Crippen LogP contribution in [0.5, 0.6) is 0 Å². The Hall–Kier alpha value is -4.74. The van der Waals surface area contributed by atoms with Crippen molar-refractivity contribution in [2.75, 3.05) is 13.2 Å². The van der Waals surface area contributed by atoms with Gasteiger partial charge in [0.05, 0.1) is 24.9 Å². The van der Waals surface area contributed by atoms with Gasteiger partial charge in [0.1, 0.15) is 0 Å². The Morgan fingerprint density at radius 1 is 0.667 bits per heavy atom. The first-order valence-corrected chi connectivity index (χ1v) is 18.4. The maximum atomic E-state index is 12.3. The minimum Gasteiger partial charge on any atom is -0.462 e. The molecule has 1 N–H and O–H groups in total. The van der Waals surface area contributed by atoms with Gasteiger partial charge in [-0.2, -0.15) is 0 Å². The van der Waals surface area contributed by atoms with Crippen LogP contribution in [0.3, 0.4) is 0 Å². The summed E-state index contributed by atoms with van der Waals surface area (Å²) in [5, 5.41) is 9.68. The van der Waals surface area contributed by atoms with E-state index in [-0.39, 0.29) is 24.7 Å². The van der Waals surface area contributed by atoms with Crippen LogP contribution in [0, 0.1) is 5.92 Å². The second kappa shape index (κ2) is 19.0. The van der Waals surface area contributed by atoms with Crippen molar-refractivity contribution in [3.05, 3.63) is 131 Å². The Kier molecular flexibility index (Phi) is 14.6. The van der Waals surface area contributed by atoms with E-state index in [9.17, 15) is 14.7 Å². The molecule has 0 fully saturated rings. The van der Waals surface area contributed by atoms with Crippen LogP contribution in [0.15, 0.2) is 109 Å². The molecule has 5 heteroatoms. The Balaban J connectivity index is 1.50. The molecule has 5 nitrogen and oxygen atoms in total. The average molecular weight is 687 g/mol. The van der Waals surface area contributed by atoms with Crippen molar-refractivity contribution in [3.63, 3.8) is 0 Å². The van der Waals surface area contributed by atoms with Gasteiger partial charge in [0.2, 0.25) is 0 Å². The van der Waals surface area contributed by atoms with Gasteiger partial charge in [0.15, 0.2) is 0 Å². The summed E-state index contributed by atoms with van der Waals surface area (Å²) in [6, 6.07) is 31.1. The van der Waals surface area contributed by atoms with Crippen molar-refractivity contribution in [3.8, 4) is 33.4 Å². The number of hydrogen-bond acceptors (Lipinski definition) is 5. The largest absolute Gasteiger partial charge is 0.462 e. The van der Waals surface area contributed by atoms with E-state index in [0.717, 1.165) is 30.4 Å². The first kappa shape index (κ1) is 39.1. The fraction of sp³-hybridized carbons (Fsp3) is 0.348. The average Bonchev–Trinajstić information content (AvgIpc) is 3.15. The molecule has 0 aromatic heterocycles. The van der Waals surface area contributed by atoms with Gasteiger partial charge in [-0.15, -0.1) is 0 Å². The second-order valence-corrected chi connectivity index (χ2v) is 13.6. The molecule has 4 aromatic rings. The fourth-order valence-electron chi connectivity index (χ4n) is 6.22. The summed E-state index contributed by atoms with van der Waals surface area (Å²) >= 11 is 0. The summed E-state index contributed by atoms with van der Waals surface area (Å²) in [4.78, 5) is 24.4. The van der Waals surface area contributed by atoms with E-state index in [1.807, 2.05) is 0 Å². The number of hydrogen-bond donors (Lipinski definition) is 1. The zero-order valence-corrected chi connectivity index (χ0v) is 31.1. The van der Waals surface area contributed by atoms with E-state index >= 15 is 0 Å². The van der Waals surface area contributed by atoms with E-state index in [4.69, 9.17) is 9.47 Å². The zero-order chi connectivity index (χ0) is 36.9. The minimum absolute atomic E-state index is 0.0172. The Morgan fingerprint density at radius 2 is 1.18 bits per heavy atom. The fourth-order valence-corrected chi connectivity index (χ4v) is 6.22. The van der Waals surface area contributed by atoms with E-state index in [0.29, 0.717) is 12.0 Å². The maximum absolute atomic E-state index is 12.3. The van der Waals surface area contributed by atoms with Gasteiger partial charge in [0.25, 0.3) is 0 Å². The number of unbranched alkanes of at least 4 members (excludes halogenated alkanes) is 2. The molecule has 0 amide bonds. The lowest BCUT2D eigenvalue weighted by Crippen LogP contribution is -2.25. The SMILES string of the molecule is C=C(C)C(=O)OCC(COC(=O)C(=C)C(C)O)Cc1ccc(-c2ccc(-c3ccc(-c4ccc(CCCCC)cc4)cc3CC)cc2CC)cc1. The molecule has 0 radical (unpaired) electrons. The molecule has 0 bridgehead atoms. The first-order chi connectivity index (χ1) is 24.5. The lowest BCUT2D eigenvalue weighted by Gasteiger charge is -2.19. The standard InChI is InChI=1S/C46H54O5/c1-8-11-12-13-34-14-18-39(19-15-34)41-22-24-44(37(9-2)27-41)42-23-25-43(38(10-3)28-42)40-20-16-35(17-21-40)26-36(29-50-45(48)31(4)5)30-51-46(49)32(6)33(7)47/h14-25,27-28,33,36,47H,4,6,8-13,26,29-30H2,1-3,5,7H3. The predicted octanol–water partition coefficient (Wildman–Crippen LogP) is 10.3. The van der Waals surface area contributed by atoms with E-state index in [1.54, 1.807) is 6.92 Å².